The number of benzene rings is 2. The summed E-state index contributed by atoms with van der Waals surface area (Å²) in [6.07, 6.45) is -0.700. The molecule has 0 aliphatic rings. The highest BCUT2D eigenvalue weighted by atomic mass is 16.5. The van der Waals surface area contributed by atoms with Crippen molar-refractivity contribution in [2.45, 2.75) is 26.9 Å². The van der Waals surface area contributed by atoms with E-state index in [0.29, 0.717) is 11.3 Å². The summed E-state index contributed by atoms with van der Waals surface area (Å²) >= 11 is 0. The highest BCUT2D eigenvalue weighted by Crippen LogP contribution is 2.23. The molecule has 0 radical (unpaired) electrons. The number of carbonyl (C=O) groups is 1. The zero-order valence-electron chi connectivity index (χ0n) is 14.3. The Hall–Kier alpha value is -3.08. The molecule has 5 nitrogen and oxygen atoms in total. The first-order valence-corrected chi connectivity index (χ1v) is 8.01. The summed E-state index contributed by atoms with van der Waals surface area (Å²) in [6.45, 7) is 5.47. The number of ether oxygens (including phenoxy) is 1. The van der Waals surface area contributed by atoms with Gasteiger partial charge >= 0.3 is 5.63 Å². The van der Waals surface area contributed by atoms with Gasteiger partial charge in [0.2, 0.25) is 0 Å². The van der Waals surface area contributed by atoms with Crippen molar-refractivity contribution in [3.63, 3.8) is 0 Å². The van der Waals surface area contributed by atoms with E-state index in [4.69, 9.17) is 9.15 Å². The van der Waals surface area contributed by atoms with Crippen LogP contribution in [0, 0.1) is 13.8 Å². The number of aryl methyl sites for hydroxylation is 2. The highest BCUT2D eigenvalue weighted by Gasteiger charge is 2.15. The summed E-state index contributed by atoms with van der Waals surface area (Å²) in [6, 6.07) is 14.2. The molecule has 0 aliphatic heterocycles. The van der Waals surface area contributed by atoms with Crippen LogP contribution in [0.5, 0.6) is 5.75 Å². The summed E-state index contributed by atoms with van der Waals surface area (Å²) < 4.78 is 10.9. The number of nitrogens with one attached hydrogen (secondary N) is 1. The number of anilines is 1. The molecule has 0 fully saturated rings. The van der Waals surface area contributed by atoms with E-state index in [9.17, 15) is 9.59 Å². The highest BCUT2D eigenvalue weighted by molar-refractivity contribution is 5.94. The van der Waals surface area contributed by atoms with E-state index in [0.717, 1.165) is 22.2 Å². The summed E-state index contributed by atoms with van der Waals surface area (Å²) in [7, 11) is 0. The lowest BCUT2D eigenvalue weighted by Crippen LogP contribution is -2.30. The Morgan fingerprint density at radius 1 is 1.12 bits per heavy atom. The van der Waals surface area contributed by atoms with Crippen LogP contribution < -0.4 is 15.7 Å². The molecule has 1 aromatic heterocycles. The molecule has 0 saturated carbocycles. The van der Waals surface area contributed by atoms with Gasteiger partial charge < -0.3 is 14.5 Å². The SMILES string of the molecule is Cc1cccc(NC(=O)C(C)Oc2ccc3c(C)cc(=O)oc3c2)c1. The van der Waals surface area contributed by atoms with Gasteiger partial charge in [-0.25, -0.2) is 4.79 Å². The summed E-state index contributed by atoms with van der Waals surface area (Å²) in [5, 5.41) is 3.66. The predicted octanol–water partition coefficient (Wildman–Crippen LogP) is 3.82. The first-order chi connectivity index (χ1) is 11.9. The summed E-state index contributed by atoms with van der Waals surface area (Å²) in [5.41, 5.74) is 2.65. The van der Waals surface area contributed by atoms with Crippen LogP contribution in [0.15, 0.2) is 57.7 Å². The fraction of sp³-hybridized carbons (Fsp3) is 0.200. The molecule has 5 heteroatoms. The third kappa shape index (κ3) is 3.88. The van der Waals surface area contributed by atoms with Crippen molar-refractivity contribution in [3.05, 3.63) is 70.1 Å². The van der Waals surface area contributed by atoms with Crippen molar-refractivity contribution < 1.29 is 13.9 Å². The van der Waals surface area contributed by atoms with Crippen LogP contribution in [0.25, 0.3) is 11.0 Å². The lowest BCUT2D eigenvalue weighted by atomic mass is 10.1. The van der Waals surface area contributed by atoms with Crippen molar-refractivity contribution in [2.75, 3.05) is 5.32 Å². The van der Waals surface area contributed by atoms with Gasteiger partial charge in [0.15, 0.2) is 6.10 Å². The van der Waals surface area contributed by atoms with Gasteiger partial charge in [-0.2, -0.15) is 0 Å². The zero-order valence-corrected chi connectivity index (χ0v) is 14.3. The van der Waals surface area contributed by atoms with Gasteiger partial charge in [0.1, 0.15) is 11.3 Å². The van der Waals surface area contributed by atoms with Crippen LogP contribution >= 0.6 is 0 Å². The van der Waals surface area contributed by atoms with E-state index in [1.165, 1.54) is 6.07 Å². The van der Waals surface area contributed by atoms with Crippen LogP contribution in [0.2, 0.25) is 0 Å². The molecule has 1 N–H and O–H groups in total. The molecular weight excluding hydrogens is 318 g/mol. The van der Waals surface area contributed by atoms with Gasteiger partial charge in [-0.1, -0.05) is 12.1 Å². The molecule has 1 amide bonds. The minimum absolute atomic E-state index is 0.253. The first-order valence-electron chi connectivity index (χ1n) is 8.01. The van der Waals surface area contributed by atoms with Gasteiger partial charge in [0.25, 0.3) is 5.91 Å². The second-order valence-electron chi connectivity index (χ2n) is 6.03. The van der Waals surface area contributed by atoms with Gasteiger partial charge in [0, 0.05) is 23.2 Å². The summed E-state index contributed by atoms with van der Waals surface area (Å²) in [4.78, 5) is 23.8. The Balaban J connectivity index is 1.76. The maximum absolute atomic E-state index is 12.3. The van der Waals surface area contributed by atoms with Crippen LogP contribution in [0.4, 0.5) is 5.69 Å². The lowest BCUT2D eigenvalue weighted by Gasteiger charge is -2.15. The van der Waals surface area contributed by atoms with Crippen LogP contribution in [-0.2, 0) is 4.79 Å². The Kier molecular flexibility index (Phi) is 4.57. The molecule has 0 bridgehead atoms. The third-order valence-corrected chi connectivity index (χ3v) is 3.89. The molecule has 1 unspecified atom stereocenters. The molecule has 128 valence electrons. The van der Waals surface area contributed by atoms with E-state index < -0.39 is 11.7 Å². The number of hydrogen-bond donors (Lipinski definition) is 1. The molecule has 2 aromatic carbocycles. The maximum Gasteiger partial charge on any atom is 0.336 e. The van der Waals surface area contributed by atoms with Gasteiger partial charge in [0.05, 0.1) is 0 Å². The molecule has 3 aromatic rings. The number of carbonyl (C=O) groups excluding carboxylic acids is 1. The Labute approximate surface area is 145 Å². The third-order valence-electron chi connectivity index (χ3n) is 3.89. The van der Waals surface area contributed by atoms with Gasteiger partial charge in [-0.3, -0.25) is 4.79 Å². The molecule has 1 heterocycles. The van der Waals surface area contributed by atoms with Gasteiger partial charge in [-0.15, -0.1) is 0 Å². The zero-order chi connectivity index (χ0) is 18.0. The van der Waals surface area contributed by atoms with Crippen molar-refractivity contribution in [1.82, 2.24) is 0 Å². The van der Waals surface area contributed by atoms with Crippen molar-refractivity contribution in [3.8, 4) is 5.75 Å². The Bertz CT molecular complexity index is 990. The average molecular weight is 337 g/mol. The molecule has 25 heavy (non-hydrogen) atoms. The van der Waals surface area contributed by atoms with E-state index in [-0.39, 0.29) is 5.91 Å². The normalized spacial score (nSPS) is 12.0. The number of amides is 1. The molecule has 1 atom stereocenters. The minimum atomic E-state index is -0.700. The van der Waals surface area contributed by atoms with E-state index >= 15 is 0 Å². The quantitative estimate of drug-likeness (QED) is 0.735. The monoisotopic (exact) mass is 337 g/mol. The number of rotatable bonds is 4. The second-order valence-corrected chi connectivity index (χ2v) is 6.03. The molecule has 0 aliphatic carbocycles. The molecule has 0 spiro atoms. The Morgan fingerprint density at radius 2 is 1.92 bits per heavy atom. The maximum atomic E-state index is 12.3. The van der Waals surface area contributed by atoms with Crippen molar-refractivity contribution in [1.29, 1.82) is 0 Å². The summed E-state index contributed by atoms with van der Waals surface area (Å²) in [5.74, 6) is 0.213. The average Bonchev–Trinajstić information content (AvgIpc) is 2.54. The second kappa shape index (κ2) is 6.81. The standard InChI is InChI=1S/C20H19NO4/c1-12-5-4-6-15(9-12)21-20(23)14(3)24-16-7-8-17-13(2)10-19(22)25-18(17)11-16/h4-11,14H,1-3H3,(H,21,23). The fourth-order valence-corrected chi connectivity index (χ4v) is 2.60. The molecular formula is C20H19NO4. The number of hydrogen-bond acceptors (Lipinski definition) is 4. The van der Waals surface area contributed by atoms with Crippen molar-refractivity contribution in [2.24, 2.45) is 0 Å². The number of fused-ring (bicyclic) bond motifs is 1. The largest absolute Gasteiger partial charge is 0.481 e. The minimum Gasteiger partial charge on any atom is -0.481 e. The molecule has 0 saturated heterocycles. The van der Waals surface area contributed by atoms with E-state index in [1.807, 2.05) is 44.2 Å². The predicted molar refractivity (Wildman–Crippen MR) is 97.1 cm³/mol. The smallest absolute Gasteiger partial charge is 0.336 e. The topological polar surface area (TPSA) is 68.5 Å². The van der Waals surface area contributed by atoms with Crippen LogP contribution in [0.1, 0.15) is 18.1 Å². The first kappa shape index (κ1) is 16.8. The van der Waals surface area contributed by atoms with Crippen molar-refractivity contribution >= 4 is 22.6 Å². The van der Waals surface area contributed by atoms with Crippen LogP contribution in [0.3, 0.4) is 0 Å². The van der Waals surface area contributed by atoms with Gasteiger partial charge in [-0.05, 0) is 56.2 Å². The van der Waals surface area contributed by atoms with E-state index in [1.54, 1.807) is 19.1 Å². The fourth-order valence-electron chi connectivity index (χ4n) is 2.60. The van der Waals surface area contributed by atoms with Crippen LogP contribution in [-0.4, -0.2) is 12.0 Å². The molecule has 3 rings (SSSR count). The van der Waals surface area contributed by atoms with E-state index in [2.05, 4.69) is 5.32 Å². The Morgan fingerprint density at radius 3 is 2.68 bits per heavy atom. The lowest BCUT2D eigenvalue weighted by molar-refractivity contribution is -0.122.